The van der Waals surface area contributed by atoms with E-state index >= 15 is 0 Å². The molecule has 0 aliphatic rings. The lowest BCUT2D eigenvalue weighted by Crippen LogP contribution is -2.28. The molecule has 124 heavy (non-hydrogen) atoms. The zero-order valence-electron chi connectivity index (χ0n) is 73.4. The number of ether oxygens (including phenoxy) is 7. The molecule has 0 aliphatic heterocycles. The molecule has 0 aliphatic carbocycles. The lowest BCUT2D eigenvalue weighted by molar-refractivity contribution is 0.0598. The second kappa shape index (κ2) is 52.1. The minimum atomic E-state index is -1.45. The van der Waals surface area contributed by atoms with Gasteiger partial charge < -0.3 is 43.4 Å². The first-order valence-electron chi connectivity index (χ1n) is 45.1. The number of carbonyl (C=O) groups is 2. The first-order chi connectivity index (χ1) is 60.7. The number of hydrogen-bond acceptors (Lipinski definition) is 19. The van der Waals surface area contributed by atoms with E-state index in [0.29, 0.717) is 36.2 Å². The molecule has 0 saturated carbocycles. The lowest BCUT2D eigenvalue weighted by Gasteiger charge is -2.30. The number of methoxy groups -OCH3 is 2. The Morgan fingerprint density at radius 3 is 0.758 bits per heavy atom. The first kappa shape index (κ1) is 97.2. The lowest BCUT2D eigenvalue weighted by atomic mass is 9.83. The minimum Gasteiger partial charge on any atom is -0.494 e. The summed E-state index contributed by atoms with van der Waals surface area (Å²) in [6, 6.07) is 57.3. The fourth-order valence-corrected chi connectivity index (χ4v) is 24.4. The van der Waals surface area contributed by atoms with Crippen LogP contribution < -0.4 is 23.7 Å². The van der Waals surface area contributed by atoms with Crippen molar-refractivity contribution in [3.63, 3.8) is 0 Å². The summed E-state index contributed by atoms with van der Waals surface area (Å²) in [5.41, 5.74) is 4.07. The van der Waals surface area contributed by atoms with Crippen LogP contribution in [-0.2, 0) is 20.7 Å². The van der Waals surface area contributed by atoms with Gasteiger partial charge in [0.05, 0.1) is 57.0 Å². The van der Waals surface area contributed by atoms with Crippen LogP contribution in [0.25, 0.3) is 60.6 Å². The van der Waals surface area contributed by atoms with E-state index in [-0.39, 0.29) is 11.9 Å². The van der Waals surface area contributed by atoms with Crippen molar-refractivity contribution in [2.45, 2.75) is 238 Å². The molecule has 8 heterocycles. The zero-order chi connectivity index (χ0) is 87.1. The highest BCUT2D eigenvalue weighted by Crippen LogP contribution is 2.53. The van der Waals surface area contributed by atoms with Gasteiger partial charge in [-0.25, -0.2) is 9.59 Å². The highest BCUT2D eigenvalue weighted by Gasteiger charge is 2.40. The molecule has 13 aromatic rings. The Bertz CT molecular complexity index is 4740. The van der Waals surface area contributed by atoms with Gasteiger partial charge in [0.1, 0.15) is 49.7 Å². The van der Waals surface area contributed by atoms with Crippen LogP contribution in [0.2, 0.25) is 0 Å². The molecule has 0 fully saturated rings. The monoisotopic (exact) mass is 1880 g/mol. The van der Waals surface area contributed by atoms with Crippen LogP contribution >= 0.6 is 107 Å². The predicted octanol–water partition coefficient (Wildman–Crippen LogP) is 33.1. The fourth-order valence-electron chi connectivity index (χ4n) is 15.2. The van der Waals surface area contributed by atoms with Gasteiger partial charge in [0.25, 0.3) is 0 Å². The van der Waals surface area contributed by atoms with Crippen molar-refractivity contribution < 1.29 is 53.0 Å². The molecule has 0 saturated heterocycles. The van der Waals surface area contributed by atoms with Crippen LogP contribution in [0.3, 0.4) is 0 Å². The van der Waals surface area contributed by atoms with E-state index in [4.69, 9.17) is 33.2 Å². The summed E-state index contributed by atoms with van der Waals surface area (Å²) in [5.74, 6) is 3.60. The van der Waals surface area contributed by atoms with Gasteiger partial charge in [-0.1, -0.05) is 260 Å². The van der Waals surface area contributed by atoms with Crippen LogP contribution in [0.1, 0.15) is 279 Å². The number of aliphatic hydroxyl groups is 2. The number of unbranched alkanes of at least 4 members (excludes halogenated alkanes) is 25. The second-order valence-electron chi connectivity index (χ2n) is 31.6. The largest absolute Gasteiger partial charge is 0.494 e. The SMILES string of the molecule is CCCCCCCCOc1ccc(Br)cc1.CCCCCCCCOc1ccc(C(O)(c2ccc(OCCCCCCCC)cc2)c2sccc2-c2cc3sc(-c4ccsc4C(O)(c4ccc(OCCCCCCCC)cc4)c4ccc(OCCCCCCCC)cc4)cc3s2)cc1.COC(=O)c1sccc1-c1cc2sc(-c3ccsc3C(=O)OC)cc2s1. The Balaban J connectivity index is 0.000000286. The molecule has 20 heteroatoms. The molecular formula is C104H125BrO11S8. The molecular weight excluding hydrogens is 1760 g/mol. The predicted molar refractivity (Wildman–Crippen MR) is 534 cm³/mol. The number of benzene rings is 5. The summed E-state index contributed by atoms with van der Waals surface area (Å²) in [6.07, 6.45) is 36.9. The van der Waals surface area contributed by atoms with Gasteiger partial charge in [0.2, 0.25) is 0 Å². The van der Waals surface area contributed by atoms with Gasteiger partial charge in [-0.15, -0.1) is 90.7 Å². The first-order valence-corrected chi connectivity index (χ1v) is 52.6. The van der Waals surface area contributed by atoms with E-state index in [1.807, 2.05) is 144 Å². The van der Waals surface area contributed by atoms with Crippen molar-refractivity contribution in [1.82, 2.24) is 0 Å². The molecule has 5 aromatic carbocycles. The van der Waals surface area contributed by atoms with Gasteiger partial charge >= 0.3 is 11.9 Å². The normalized spacial score (nSPS) is 11.5. The van der Waals surface area contributed by atoms with Crippen LogP contribution in [0.15, 0.2) is 196 Å². The maximum Gasteiger partial charge on any atom is 0.348 e. The van der Waals surface area contributed by atoms with E-state index in [2.05, 4.69) is 97.7 Å². The Morgan fingerprint density at radius 2 is 0.508 bits per heavy atom. The van der Waals surface area contributed by atoms with Gasteiger partial charge in [0.15, 0.2) is 0 Å². The van der Waals surface area contributed by atoms with E-state index < -0.39 is 11.2 Å². The number of esters is 2. The van der Waals surface area contributed by atoms with E-state index in [9.17, 15) is 19.8 Å². The van der Waals surface area contributed by atoms with Crippen LogP contribution in [0.4, 0.5) is 0 Å². The summed E-state index contributed by atoms with van der Waals surface area (Å²) in [4.78, 5) is 31.1. The molecule has 0 unspecified atom stereocenters. The van der Waals surface area contributed by atoms with Crippen molar-refractivity contribution in [2.75, 3.05) is 47.3 Å². The molecule has 0 atom stereocenters. The highest BCUT2D eigenvalue weighted by molar-refractivity contribution is 9.10. The minimum absolute atomic E-state index is 0.312. The van der Waals surface area contributed by atoms with Crippen LogP contribution in [-0.4, -0.2) is 69.4 Å². The Morgan fingerprint density at radius 1 is 0.290 bits per heavy atom. The molecule has 11 nitrogen and oxygen atoms in total. The fraction of sp³-hybridized carbons (Fsp3) is 0.423. The molecule has 0 spiro atoms. The molecule has 0 bridgehead atoms. The smallest absolute Gasteiger partial charge is 0.348 e. The van der Waals surface area contributed by atoms with E-state index in [1.54, 1.807) is 68.0 Å². The zero-order valence-corrected chi connectivity index (χ0v) is 81.6. The standard InChI is InChI=1S/C72H92O6S4.C18H12O4S4.C14H21BrO/c1-5-9-13-17-21-25-47-75-59-37-29-55(30-38-59)71(73,56-31-39-60(40-32-56)76-48-26-22-18-14-10-6-2)69-63(45-51-79-69)65-53-67-68(81-65)54-66(82-67)64-46-52-80-70(64)72(74,57-33-41-61(42-34-57)77-49-27-23-19-15-11-7-3)58-35-43-62(44-36-58)78-50-28-24-20-16-12-8-4;1-21-17(19)15-9(3-5-23-15)11-7-13-14(25-11)8-12(26-13)10-4-6-24-16(10)18(20)22-2;1-2-3-4-5-6-7-12-16-14-10-8-13(15)9-11-14/h29-46,51-54,73-74H,5-28,47-50H2,1-4H3;3-8H,1-2H3;8-11H,2-7,12H2,1H3. The Kier molecular flexibility index (Phi) is 40.9. The van der Waals surface area contributed by atoms with Crippen molar-refractivity contribution in [3.05, 3.63) is 238 Å². The summed E-state index contributed by atoms with van der Waals surface area (Å²) in [7, 11) is 2.79. The summed E-state index contributed by atoms with van der Waals surface area (Å²) in [5, 5.41) is 34.9. The van der Waals surface area contributed by atoms with Gasteiger partial charge in [-0.2, -0.15) is 0 Å². The Hall–Kier alpha value is -7.44. The number of fused-ring (bicyclic) bond motifs is 2. The van der Waals surface area contributed by atoms with Gasteiger partial charge in [-0.3, -0.25) is 0 Å². The third-order valence-corrected chi connectivity index (χ3v) is 31.4. The molecule has 0 amide bonds. The average Bonchev–Trinajstić information content (AvgIpc) is 1.54. The second-order valence-corrected chi connectivity index (χ2v) is 40.5. The van der Waals surface area contributed by atoms with Crippen LogP contribution in [0.5, 0.6) is 28.7 Å². The third kappa shape index (κ3) is 27.6. The topological polar surface area (TPSA) is 139 Å². The number of thiophene rings is 8. The maximum atomic E-state index is 13.5. The number of hydrogen-bond donors (Lipinski definition) is 2. The van der Waals surface area contributed by atoms with Crippen molar-refractivity contribution in [3.8, 4) is 70.5 Å². The van der Waals surface area contributed by atoms with Crippen LogP contribution in [0, 0.1) is 0 Å². The van der Waals surface area contributed by atoms with E-state index in [0.717, 1.165) is 158 Å². The summed E-state index contributed by atoms with van der Waals surface area (Å²) in [6.45, 7) is 14.8. The Labute approximate surface area is 777 Å². The highest BCUT2D eigenvalue weighted by atomic mass is 79.9. The third-order valence-electron chi connectivity index (χ3n) is 22.3. The number of rotatable bonds is 52. The quantitative estimate of drug-likeness (QED) is 0.0278. The molecule has 8 aromatic heterocycles. The molecule has 2 N–H and O–H groups in total. The summed E-state index contributed by atoms with van der Waals surface area (Å²) >= 11 is 16.1. The van der Waals surface area contributed by atoms with Crippen molar-refractivity contribution in [1.29, 1.82) is 0 Å². The number of halogens is 1. The van der Waals surface area contributed by atoms with Gasteiger partial charge in [0, 0.05) is 65.0 Å². The summed E-state index contributed by atoms with van der Waals surface area (Å²) < 4.78 is 46.0. The van der Waals surface area contributed by atoms with E-state index in [1.165, 1.54) is 204 Å². The molecule has 13 rings (SSSR count). The average molecular weight is 1890 g/mol. The van der Waals surface area contributed by atoms with Crippen molar-refractivity contribution in [2.24, 2.45) is 0 Å². The van der Waals surface area contributed by atoms with Gasteiger partial charge in [-0.05, 0) is 197 Å². The maximum absolute atomic E-state index is 13.5. The molecule has 662 valence electrons. The molecule has 0 radical (unpaired) electrons. The number of carbonyl (C=O) groups excluding carboxylic acids is 2. The van der Waals surface area contributed by atoms with Crippen molar-refractivity contribution >= 4 is 137 Å².